The van der Waals surface area contributed by atoms with Crippen LogP contribution < -0.4 is 5.73 Å². The maximum atomic E-state index is 6.14. The molecule has 3 nitrogen and oxygen atoms in total. The summed E-state index contributed by atoms with van der Waals surface area (Å²) in [4.78, 5) is 0. The molecule has 1 heterocycles. The molecule has 2 aliphatic rings. The zero-order valence-electron chi connectivity index (χ0n) is 11.3. The Morgan fingerprint density at radius 2 is 2.00 bits per heavy atom. The van der Waals surface area contributed by atoms with Gasteiger partial charge in [0.15, 0.2) is 0 Å². The normalized spacial score (nSPS) is 31.6. The molecule has 0 amide bonds. The third kappa shape index (κ3) is 3.94. The van der Waals surface area contributed by atoms with Crippen LogP contribution in [0.5, 0.6) is 0 Å². The third-order valence-electron chi connectivity index (χ3n) is 4.38. The van der Waals surface area contributed by atoms with Crippen LogP contribution >= 0.6 is 0 Å². The number of ether oxygens (including phenoxy) is 2. The molecule has 1 aliphatic heterocycles. The van der Waals surface area contributed by atoms with Crippen LogP contribution in [0.1, 0.15) is 46.0 Å². The van der Waals surface area contributed by atoms with Crippen molar-refractivity contribution in [2.24, 2.45) is 17.1 Å². The van der Waals surface area contributed by atoms with Gasteiger partial charge in [-0.05, 0) is 37.5 Å². The summed E-state index contributed by atoms with van der Waals surface area (Å²) in [5.74, 6) is 0.509. The Hall–Kier alpha value is -0.120. The highest BCUT2D eigenvalue weighted by Gasteiger charge is 2.28. The van der Waals surface area contributed by atoms with Crippen molar-refractivity contribution in [2.75, 3.05) is 19.8 Å². The van der Waals surface area contributed by atoms with E-state index in [0.29, 0.717) is 24.0 Å². The average Bonchev–Trinajstić information content (AvgIpc) is 2.80. The van der Waals surface area contributed by atoms with Gasteiger partial charge in [0.1, 0.15) is 0 Å². The molecule has 1 saturated heterocycles. The quantitative estimate of drug-likeness (QED) is 0.821. The molecular formula is C14H27NO2. The van der Waals surface area contributed by atoms with Gasteiger partial charge in [0, 0.05) is 18.6 Å². The largest absolute Gasteiger partial charge is 0.381 e. The van der Waals surface area contributed by atoms with Crippen LogP contribution in [0.4, 0.5) is 0 Å². The number of hydrogen-bond acceptors (Lipinski definition) is 3. The van der Waals surface area contributed by atoms with Crippen LogP contribution in [-0.2, 0) is 9.47 Å². The molecule has 1 aliphatic carbocycles. The predicted octanol–water partition coefficient (Wildman–Crippen LogP) is 2.34. The van der Waals surface area contributed by atoms with Gasteiger partial charge in [0.05, 0.1) is 19.3 Å². The monoisotopic (exact) mass is 241 g/mol. The van der Waals surface area contributed by atoms with E-state index in [1.54, 1.807) is 0 Å². The van der Waals surface area contributed by atoms with E-state index in [0.717, 1.165) is 19.6 Å². The highest BCUT2D eigenvalue weighted by molar-refractivity contribution is 4.80. The zero-order valence-corrected chi connectivity index (χ0v) is 11.3. The van der Waals surface area contributed by atoms with Gasteiger partial charge < -0.3 is 15.2 Å². The van der Waals surface area contributed by atoms with Gasteiger partial charge in [-0.3, -0.25) is 0 Å². The van der Waals surface area contributed by atoms with Gasteiger partial charge in [-0.25, -0.2) is 0 Å². The van der Waals surface area contributed by atoms with E-state index in [1.165, 1.54) is 25.7 Å². The Morgan fingerprint density at radius 1 is 1.29 bits per heavy atom. The van der Waals surface area contributed by atoms with Crippen molar-refractivity contribution in [1.29, 1.82) is 0 Å². The van der Waals surface area contributed by atoms with Gasteiger partial charge in [-0.2, -0.15) is 0 Å². The lowest BCUT2D eigenvalue weighted by molar-refractivity contribution is -0.00798. The average molecular weight is 241 g/mol. The molecule has 2 fully saturated rings. The zero-order chi connectivity index (χ0) is 12.3. The second-order valence-corrected chi connectivity index (χ2v) is 6.48. The fourth-order valence-corrected chi connectivity index (χ4v) is 2.81. The van der Waals surface area contributed by atoms with Gasteiger partial charge in [0.2, 0.25) is 0 Å². The van der Waals surface area contributed by atoms with E-state index in [9.17, 15) is 0 Å². The first-order chi connectivity index (χ1) is 8.07. The Bertz CT molecular complexity index is 226. The summed E-state index contributed by atoms with van der Waals surface area (Å²) in [6.45, 7) is 7.10. The van der Waals surface area contributed by atoms with Gasteiger partial charge in [0.25, 0.3) is 0 Å². The molecule has 2 N–H and O–H groups in total. The van der Waals surface area contributed by atoms with Crippen molar-refractivity contribution in [2.45, 2.75) is 58.1 Å². The summed E-state index contributed by atoms with van der Waals surface area (Å²) in [6.07, 6.45) is 6.49. The summed E-state index contributed by atoms with van der Waals surface area (Å²) >= 11 is 0. The summed E-state index contributed by atoms with van der Waals surface area (Å²) < 4.78 is 11.3. The van der Waals surface area contributed by atoms with E-state index in [2.05, 4.69) is 13.8 Å². The first-order valence-corrected chi connectivity index (χ1v) is 7.02. The van der Waals surface area contributed by atoms with Crippen molar-refractivity contribution in [3.8, 4) is 0 Å². The fourth-order valence-electron chi connectivity index (χ4n) is 2.81. The Labute approximate surface area is 105 Å². The standard InChI is InChI=1S/C14H27NO2/c1-14(2)6-3-12(4-7-14)17-10-13(15)11-5-8-16-9-11/h11-13H,3-10,15H2,1-2H3. The molecule has 0 bridgehead atoms. The van der Waals surface area contributed by atoms with Crippen molar-refractivity contribution in [1.82, 2.24) is 0 Å². The van der Waals surface area contributed by atoms with Crippen LogP contribution in [0.15, 0.2) is 0 Å². The minimum Gasteiger partial charge on any atom is -0.381 e. The first kappa shape index (κ1) is 13.3. The number of nitrogens with two attached hydrogens (primary N) is 1. The van der Waals surface area contributed by atoms with Crippen LogP contribution in [0.2, 0.25) is 0 Å². The molecule has 3 heteroatoms. The third-order valence-corrected chi connectivity index (χ3v) is 4.38. The SMILES string of the molecule is CC1(C)CCC(OCC(N)C2CCOC2)CC1. The lowest BCUT2D eigenvalue weighted by Gasteiger charge is -2.34. The maximum absolute atomic E-state index is 6.14. The summed E-state index contributed by atoms with van der Waals surface area (Å²) in [7, 11) is 0. The smallest absolute Gasteiger partial charge is 0.0624 e. The molecule has 0 radical (unpaired) electrons. The van der Waals surface area contributed by atoms with Crippen molar-refractivity contribution in [3.63, 3.8) is 0 Å². The van der Waals surface area contributed by atoms with Gasteiger partial charge in [-0.15, -0.1) is 0 Å². The Balaban J connectivity index is 1.65. The summed E-state index contributed by atoms with van der Waals surface area (Å²) in [5, 5.41) is 0. The molecule has 0 aromatic rings. The number of rotatable bonds is 4. The topological polar surface area (TPSA) is 44.5 Å². The molecule has 2 unspecified atom stereocenters. The molecule has 1 saturated carbocycles. The van der Waals surface area contributed by atoms with Gasteiger partial charge in [-0.1, -0.05) is 13.8 Å². The lowest BCUT2D eigenvalue weighted by atomic mass is 9.76. The molecule has 0 aromatic heterocycles. The van der Waals surface area contributed by atoms with E-state index in [1.807, 2.05) is 0 Å². The predicted molar refractivity (Wildman–Crippen MR) is 68.9 cm³/mol. The van der Waals surface area contributed by atoms with Crippen molar-refractivity contribution < 1.29 is 9.47 Å². The molecule has 17 heavy (non-hydrogen) atoms. The van der Waals surface area contributed by atoms with E-state index in [-0.39, 0.29) is 6.04 Å². The minimum atomic E-state index is 0.160. The second kappa shape index (κ2) is 5.68. The molecular weight excluding hydrogens is 214 g/mol. The fraction of sp³-hybridized carbons (Fsp3) is 1.00. The molecule has 2 atom stereocenters. The highest BCUT2D eigenvalue weighted by Crippen LogP contribution is 2.36. The van der Waals surface area contributed by atoms with E-state index < -0.39 is 0 Å². The Kier molecular flexibility index (Phi) is 4.45. The lowest BCUT2D eigenvalue weighted by Crippen LogP contribution is -2.37. The first-order valence-electron chi connectivity index (χ1n) is 7.02. The van der Waals surface area contributed by atoms with Crippen LogP contribution in [0, 0.1) is 11.3 Å². The molecule has 0 spiro atoms. The van der Waals surface area contributed by atoms with Crippen LogP contribution in [-0.4, -0.2) is 32.0 Å². The van der Waals surface area contributed by atoms with Crippen molar-refractivity contribution in [3.05, 3.63) is 0 Å². The second-order valence-electron chi connectivity index (χ2n) is 6.48. The van der Waals surface area contributed by atoms with Gasteiger partial charge >= 0.3 is 0 Å². The molecule has 0 aromatic carbocycles. The maximum Gasteiger partial charge on any atom is 0.0624 e. The van der Waals surface area contributed by atoms with Crippen LogP contribution in [0.3, 0.4) is 0 Å². The minimum absolute atomic E-state index is 0.160. The van der Waals surface area contributed by atoms with Crippen LogP contribution in [0.25, 0.3) is 0 Å². The van der Waals surface area contributed by atoms with Crippen molar-refractivity contribution >= 4 is 0 Å². The molecule has 2 rings (SSSR count). The van der Waals surface area contributed by atoms with E-state index in [4.69, 9.17) is 15.2 Å². The highest BCUT2D eigenvalue weighted by atomic mass is 16.5. The molecule has 100 valence electrons. The van der Waals surface area contributed by atoms with E-state index >= 15 is 0 Å². The summed E-state index contributed by atoms with van der Waals surface area (Å²) in [6, 6.07) is 0.160. The number of hydrogen-bond donors (Lipinski definition) is 1. The Morgan fingerprint density at radius 3 is 2.59 bits per heavy atom. The summed E-state index contributed by atoms with van der Waals surface area (Å²) in [5.41, 5.74) is 6.66.